The molecule has 2 nitrogen and oxygen atoms in total. The number of aromatic nitrogens is 1. The molecule has 0 unspecified atom stereocenters. The maximum absolute atomic E-state index is 4.20. The Morgan fingerprint density at radius 1 is 1.16 bits per heavy atom. The minimum atomic E-state index is 0.822. The van der Waals surface area contributed by atoms with E-state index in [-0.39, 0.29) is 0 Å². The summed E-state index contributed by atoms with van der Waals surface area (Å²) < 4.78 is 1.03. The Hall–Kier alpha value is -1.35. The summed E-state index contributed by atoms with van der Waals surface area (Å²) in [6.45, 7) is 0.822. The number of anilines is 1. The van der Waals surface area contributed by atoms with Gasteiger partial charge in [0.25, 0.3) is 0 Å². The summed E-state index contributed by atoms with van der Waals surface area (Å²) in [5.41, 5.74) is 5.51. The van der Waals surface area contributed by atoms with Crippen molar-refractivity contribution in [1.29, 1.82) is 0 Å². The second-order valence-corrected chi connectivity index (χ2v) is 5.93. The molecule has 0 amide bonds. The number of rotatable bonds is 3. The molecule has 1 aliphatic carbocycles. The fourth-order valence-corrected chi connectivity index (χ4v) is 3.11. The lowest BCUT2D eigenvalue weighted by atomic mass is 9.90. The average Bonchev–Trinajstić information content (AvgIpc) is 2.45. The minimum absolute atomic E-state index is 0.822. The molecule has 0 spiro atoms. The van der Waals surface area contributed by atoms with E-state index in [0.717, 1.165) is 11.0 Å². The first-order chi connectivity index (χ1) is 9.33. The van der Waals surface area contributed by atoms with E-state index in [2.05, 4.69) is 50.5 Å². The Morgan fingerprint density at radius 2 is 2.05 bits per heavy atom. The highest BCUT2D eigenvalue weighted by Gasteiger charge is 2.12. The van der Waals surface area contributed by atoms with Gasteiger partial charge in [-0.15, -0.1) is 0 Å². The Kier molecular flexibility index (Phi) is 3.83. The smallest absolute Gasteiger partial charge is 0.0416 e. The molecule has 0 fully saturated rings. The summed E-state index contributed by atoms with van der Waals surface area (Å²) in [6.07, 6.45) is 8.79. The van der Waals surface area contributed by atoms with Crippen LogP contribution in [0.25, 0.3) is 0 Å². The van der Waals surface area contributed by atoms with Gasteiger partial charge in [0.05, 0.1) is 0 Å². The maximum atomic E-state index is 4.20. The normalized spacial score (nSPS) is 13.9. The molecule has 1 aromatic carbocycles. The highest BCUT2D eigenvalue weighted by atomic mass is 79.9. The SMILES string of the molecule is Brc1cncc(CNc2cccc3c2CCCC3)c1. The molecule has 1 aliphatic rings. The number of nitrogens with one attached hydrogen (secondary N) is 1. The molecule has 0 saturated heterocycles. The van der Waals surface area contributed by atoms with Crippen molar-refractivity contribution in [3.8, 4) is 0 Å². The molecule has 19 heavy (non-hydrogen) atoms. The average molecular weight is 317 g/mol. The summed E-state index contributed by atoms with van der Waals surface area (Å²) in [6, 6.07) is 8.72. The topological polar surface area (TPSA) is 24.9 Å². The third-order valence-electron chi connectivity index (χ3n) is 3.64. The van der Waals surface area contributed by atoms with Crippen LogP contribution < -0.4 is 5.32 Å². The van der Waals surface area contributed by atoms with Crippen molar-refractivity contribution in [3.05, 3.63) is 57.8 Å². The molecule has 0 aliphatic heterocycles. The lowest BCUT2D eigenvalue weighted by molar-refractivity contribution is 0.686. The van der Waals surface area contributed by atoms with Gasteiger partial charge in [-0.2, -0.15) is 0 Å². The molecule has 98 valence electrons. The quantitative estimate of drug-likeness (QED) is 0.911. The van der Waals surface area contributed by atoms with Crippen LogP contribution in [0.3, 0.4) is 0 Å². The summed E-state index contributed by atoms with van der Waals surface area (Å²) >= 11 is 3.46. The van der Waals surface area contributed by atoms with Crippen LogP contribution in [0.15, 0.2) is 41.1 Å². The zero-order valence-electron chi connectivity index (χ0n) is 10.8. The van der Waals surface area contributed by atoms with Crippen LogP contribution >= 0.6 is 15.9 Å². The van der Waals surface area contributed by atoms with Gasteiger partial charge in [-0.25, -0.2) is 0 Å². The number of hydrogen-bond acceptors (Lipinski definition) is 2. The third-order valence-corrected chi connectivity index (χ3v) is 4.07. The number of aryl methyl sites for hydroxylation is 1. The first-order valence-electron chi connectivity index (χ1n) is 6.77. The van der Waals surface area contributed by atoms with Gasteiger partial charge in [0.15, 0.2) is 0 Å². The molecule has 1 aromatic heterocycles. The summed E-state index contributed by atoms with van der Waals surface area (Å²) in [5, 5.41) is 3.56. The number of pyridine rings is 1. The molecule has 0 radical (unpaired) electrons. The van der Waals surface area contributed by atoms with E-state index >= 15 is 0 Å². The molecule has 1 heterocycles. The lowest BCUT2D eigenvalue weighted by Crippen LogP contribution is -2.08. The van der Waals surface area contributed by atoms with Crippen LogP contribution in [0.1, 0.15) is 29.5 Å². The van der Waals surface area contributed by atoms with Crippen molar-refractivity contribution in [2.75, 3.05) is 5.32 Å². The standard InChI is InChI=1S/C16H17BrN2/c17-14-8-12(9-18-11-14)10-19-16-7-3-5-13-4-1-2-6-15(13)16/h3,5,7-9,11,19H,1-2,4,6,10H2. The van der Waals surface area contributed by atoms with E-state index in [9.17, 15) is 0 Å². The predicted molar refractivity (Wildman–Crippen MR) is 82.3 cm³/mol. The molecular weight excluding hydrogens is 300 g/mol. The van der Waals surface area contributed by atoms with Gasteiger partial charge in [0.1, 0.15) is 0 Å². The Balaban J connectivity index is 1.77. The Labute approximate surface area is 122 Å². The van der Waals surface area contributed by atoms with Crippen LogP contribution in [-0.4, -0.2) is 4.98 Å². The first kappa shape index (κ1) is 12.7. The largest absolute Gasteiger partial charge is 0.381 e. The highest BCUT2D eigenvalue weighted by molar-refractivity contribution is 9.10. The molecule has 3 rings (SSSR count). The van der Waals surface area contributed by atoms with Crippen molar-refractivity contribution < 1.29 is 0 Å². The fraction of sp³-hybridized carbons (Fsp3) is 0.312. The van der Waals surface area contributed by atoms with E-state index in [4.69, 9.17) is 0 Å². The van der Waals surface area contributed by atoms with Crippen LogP contribution in [-0.2, 0) is 19.4 Å². The van der Waals surface area contributed by atoms with Gasteiger partial charge >= 0.3 is 0 Å². The van der Waals surface area contributed by atoms with Gasteiger partial charge < -0.3 is 5.32 Å². The first-order valence-corrected chi connectivity index (χ1v) is 7.56. The molecular formula is C16H17BrN2. The monoisotopic (exact) mass is 316 g/mol. The molecule has 3 heteroatoms. The minimum Gasteiger partial charge on any atom is -0.381 e. The van der Waals surface area contributed by atoms with Crippen LogP contribution in [0.2, 0.25) is 0 Å². The highest BCUT2D eigenvalue weighted by Crippen LogP contribution is 2.28. The summed E-state index contributed by atoms with van der Waals surface area (Å²) in [4.78, 5) is 4.20. The van der Waals surface area contributed by atoms with Crippen LogP contribution in [0.4, 0.5) is 5.69 Å². The van der Waals surface area contributed by atoms with E-state index in [1.807, 2.05) is 12.4 Å². The van der Waals surface area contributed by atoms with Crippen molar-refractivity contribution in [2.45, 2.75) is 32.2 Å². The second-order valence-electron chi connectivity index (χ2n) is 5.02. The fourth-order valence-electron chi connectivity index (χ4n) is 2.70. The van der Waals surface area contributed by atoms with Gasteiger partial charge in [-0.3, -0.25) is 4.98 Å². The lowest BCUT2D eigenvalue weighted by Gasteiger charge is -2.20. The molecule has 1 N–H and O–H groups in total. The van der Waals surface area contributed by atoms with Gasteiger partial charge in [0.2, 0.25) is 0 Å². The number of benzene rings is 1. The Bertz CT molecular complexity index is 581. The van der Waals surface area contributed by atoms with E-state index in [1.54, 1.807) is 0 Å². The Morgan fingerprint density at radius 3 is 2.95 bits per heavy atom. The van der Waals surface area contributed by atoms with Gasteiger partial charge in [0, 0.05) is 29.1 Å². The van der Waals surface area contributed by atoms with Gasteiger partial charge in [-0.05, 0) is 70.4 Å². The third kappa shape index (κ3) is 2.98. The van der Waals surface area contributed by atoms with Crippen molar-refractivity contribution in [3.63, 3.8) is 0 Å². The molecule has 0 saturated carbocycles. The van der Waals surface area contributed by atoms with Crippen LogP contribution in [0, 0.1) is 0 Å². The molecule has 2 aromatic rings. The summed E-state index contributed by atoms with van der Waals surface area (Å²) in [5.74, 6) is 0. The number of hydrogen-bond donors (Lipinski definition) is 1. The summed E-state index contributed by atoms with van der Waals surface area (Å²) in [7, 11) is 0. The van der Waals surface area contributed by atoms with Crippen molar-refractivity contribution in [2.24, 2.45) is 0 Å². The number of nitrogens with zero attached hydrogens (tertiary/aromatic N) is 1. The van der Waals surface area contributed by atoms with Crippen molar-refractivity contribution >= 4 is 21.6 Å². The van der Waals surface area contributed by atoms with Gasteiger partial charge in [-0.1, -0.05) is 12.1 Å². The molecule has 0 atom stereocenters. The zero-order chi connectivity index (χ0) is 13.1. The zero-order valence-corrected chi connectivity index (χ0v) is 12.4. The molecule has 0 bridgehead atoms. The van der Waals surface area contributed by atoms with Crippen LogP contribution in [0.5, 0.6) is 0 Å². The van der Waals surface area contributed by atoms with Crippen molar-refractivity contribution in [1.82, 2.24) is 4.98 Å². The number of fused-ring (bicyclic) bond motifs is 1. The van der Waals surface area contributed by atoms with E-state index in [0.29, 0.717) is 0 Å². The van der Waals surface area contributed by atoms with E-state index < -0.39 is 0 Å². The number of halogens is 1. The maximum Gasteiger partial charge on any atom is 0.0416 e. The second kappa shape index (κ2) is 5.74. The van der Waals surface area contributed by atoms with E-state index in [1.165, 1.54) is 48.1 Å². The predicted octanol–water partition coefficient (Wildman–Crippen LogP) is 4.34.